The molecule has 0 atom stereocenters. The first-order chi connectivity index (χ1) is 15.6. The zero-order valence-corrected chi connectivity index (χ0v) is 21.1. The summed E-state index contributed by atoms with van der Waals surface area (Å²) in [7, 11) is 0. The molecule has 1 aromatic rings. The van der Waals surface area contributed by atoms with Gasteiger partial charge in [0.25, 0.3) is 0 Å². The summed E-state index contributed by atoms with van der Waals surface area (Å²) in [5, 5.41) is 21.7. The maximum Gasteiger partial charge on any atom is 0.211 e. The summed E-state index contributed by atoms with van der Waals surface area (Å²) in [4.78, 5) is 0. The van der Waals surface area contributed by atoms with E-state index in [2.05, 4.69) is 27.7 Å². The molecule has 0 heterocycles. The van der Waals surface area contributed by atoms with Crippen LogP contribution in [0.1, 0.15) is 117 Å². The van der Waals surface area contributed by atoms with Gasteiger partial charge in [0.2, 0.25) is 17.2 Å². The maximum atomic E-state index is 10.9. The molecule has 5 heteroatoms. The second-order valence-electron chi connectivity index (χ2n) is 8.64. The highest BCUT2D eigenvalue weighted by Crippen LogP contribution is 2.53. The van der Waals surface area contributed by atoms with Crippen LogP contribution in [0.5, 0.6) is 28.7 Å². The smallest absolute Gasteiger partial charge is 0.211 e. The van der Waals surface area contributed by atoms with Crippen LogP contribution < -0.4 is 14.2 Å². The first-order valence-corrected chi connectivity index (χ1v) is 13.1. The number of hydrogen-bond acceptors (Lipinski definition) is 5. The predicted molar refractivity (Wildman–Crippen MR) is 133 cm³/mol. The maximum absolute atomic E-state index is 10.9. The van der Waals surface area contributed by atoms with E-state index >= 15 is 0 Å². The van der Waals surface area contributed by atoms with Gasteiger partial charge in [-0.1, -0.05) is 85.5 Å². The largest absolute Gasteiger partial charge is 0.504 e. The van der Waals surface area contributed by atoms with Gasteiger partial charge in [-0.2, -0.15) is 0 Å². The molecule has 0 radical (unpaired) electrons. The van der Waals surface area contributed by atoms with Crippen LogP contribution in [0.2, 0.25) is 0 Å². The molecule has 1 rings (SSSR count). The second kappa shape index (κ2) is 17.7. The van der Waals surface area contributed by atoms with Gasteiger partial charge in [-0.05, 0) is 32.1 Å². The van der Waals surface area contributed by atoms with Crippen molar-refractivity contribution in [3.05, 3.63) is 5.56 Å². The minimum Gasteiger partial charge on any atom is -0.504 e. The minimum atomic E-state index is -0.224. The summed E-state index contributed by atoms with van der Waals surface area (Å²) < 4.78 is 18.3. The topological polar surface area (TPSA) is 68.2 Å². The zero-order valence-electron chi connectivity index (χ0n) is 21.1. The summed E-state index contributed by atoms with van der Waals surface area (Å²) >= 11 is 0. The van der Waals surface area contributed by atoms with Crippen LogP contribution in [0.25, 0.3) is 0 Å². The molecule has 0 aromatic heterocycles. The molecule has 186 valence electrons. The minimum absolute atomic E-state index is 0.126. The number of unbranched alkanes of at least 4 members (excludes halogenated alkanes) is 9. The molecular formula is C27H48O5. The van der Waals surface area contributed by atoms with Gasteiger partial charge in [0.05, 0.1) is 19.8 Å². The van der Waals surface area contributed by atoms with Gasteiger partial charge in [0, 0.05) is 5.56 Å². The van der Waals surface area contributed by atoms with Gasteiger partial charge in [-0.15, -0.1) is 0 Å². The molecular weight excluding hydrogens is 404 g/mol. The monoisotopic (exact) mass is 452 g/mol. The SMILES string of the molecule is CCCCCCc1c(O)c(O)c(OCCCCC)c(OCCCCC)c1OCCCCC. The van der Waals surface area contributed by atoms with Crippen LogP contribution in [-0.4, -0.2) is 30.0 Å². The van der Waals surface area contributed by atoms with Crippen molar-refractivity contribution in [3.8, 4) is 28.7 Å². The molecule has 0 spiro atoms. The van der Waals surface area contributed by atoms with Crippen LogP contribution in [0.3, 0.4) is 0 Å². The molecule has 0 saturated heterocycles. The third kappa shape index (κ3) is 9.79. The average molecular weight is 453 g/mol. The lowest BCUT2D eigenvalue weighted by Crippen LogP contribution is -2.09. The Morgan fingerprint density at radius 3 is 1.41 bits per heavy atom. The lowest BCUT2D eigenvalue weighted by Gasteiger charge is -2.22. The van der Waals surface area contributed by atoms with E-state index in [1.165, 1.54) is 0 Å². The second-order valence-corrected chi connectivity index (χ2v) is 8.64. The summed E-state index contributed by atoms with van der Waals surface area (Å²) in [6.07, 6.45) is 14.2. The van der Waals surface area contributed by atoms with Gasteiger partial charge >= 0.3 is 0 Å². The molecule has 0 aliphatic carbocycles. The van der Waals surface area contributed by atoms with E-state index in [9.17, 15) is 10.2 Å². The third-order valence-corrected chi connectivity index (χ3v) is 5.67. The average Bonchev–Trinajstić information content (AvgIpc) is 2.80. The summed E-state index contributed by atoms with van der Waals surface area (Å²) in [5.41, 5.74) is 0.640. The van der Waals surface area contributed by atoms with Gasteiger partial charge in [0.15, 0.2) is 11.5 Å². The Labute approximate surface area is 196 Å². The molecule has 0 saturated carbocycles. The molecule has 0 fully saturated rings. The number of phenolic OH excluding ortho intramolecular Hbond substituents is 2. The van der Waals surface area contributed by atoms with Gasteiger partial charge < -0.3 is 24.4 Å². The van der Waals surface area contributed by atoms with Crippen molar-refractivity contribution in [1.82, 2.24) is 0 Å². The Bertz CT molecular complexity index is 562. The Hall–Kier alpha value is -1.78. The summed E-state index contributed by atoms with van der Waals surface area (Å²) in [6.45, 7) is 10.2. The molecule has 0 unspecified atom stereocenters. The number of phenols is 2. The van der Waals surface area contributed by atoms with E-state index in [1.54, 1.807) is 0 Å². The Kier molecular flexibility index (Phi) is 15.7. The third-order valence-electron chi connectivity index (χ3n) is 5.67. The highest BCUT2D eigenvalue weighted by atomic mass is 16.5. The van der Waals surface area contributed by atoms with Crippen LogP contribution in [-0.2, 0) is 6.42 Å². The number of rotatable bonds is 20. The van der Waals surface area contributed by atoms with Crippen LogP contribution >= 0.6 is 0 Å². The molecule has 32 heavy (non-hydrogen) atoms. The number of aromatic hydroxyl groups is 2. The first kappa shape index (κ1) is 28.3. The molecule has 2 N–H and O–H groups in total. The molecule has 0 bridgehead atoms. The molecule has 0 aliphatic rings. The molecule has 0 amide bonds. The van der Waals surface area contributed by atoms with Crippen molar-refractivity contribution in [2.45, 2.75) is 118 Å². The lowest BCUT2D eigenvalue weighted by molar-refractivity contribution is 0.223. The Balaban J connectivity index is 3.26. The van der Waals surface area contributed by atoms with Crippen molar-refractivity contribution in [3.63, 3.8) is 0 Å². The number of benzene rings is 1. The fraction of sp³-hybridized carbons (Fsp3) is 0.778. The Morgan fingerprint density at radius 1 is 0.469 bits per heavy atom. The molecule has 0 aliphatic heterocycles. The highest BCUT2D eigenvalue weighted by molar-refractivity contribution is 5.69. The van der Waals surface area contributed by atoms with Gasteiger partial charge in [-0.3, -0.25) is 0 Å². The fourth-order valence-electron chi connectivity index (χ4n) is 3.66. The lowest BCUT2D eigenvalue weighted by atomic mass is 10.0. The van der Waals surface area contributed by atoms with E-state index < -0.39 is 0 Å². The van der Waals surface area contributed by atoms with Crippen LogP contribution in [0, 0.1) is 0 Å². The Morgan fingerprint density at radius 2 is 0.906 bits per heavy atom. The van der Waals surface area contributed by atoms with Crippen molar-refractivity contribution in [2.24, 2.45) is 0 Å². The van der Waals surface area contributed by atoms with Gasteiger partial charge in [0.1, 0.15) is 0 Å². The van der Waals surface area contributed by atoms with Crippen LogP contribution in [0.4, 0.5) is 0 Å². The van der Waals surface area contributed by atoms with Crippen molar-refractivity contribution < 1.29 is 24.4 Å². The van der Waals surface area contributed by atoms with Crippen molar-refractivity contribution in [2.75, 3.05) is 19.8 Å². The first-order valence-electron chi connectivity index (χ1n) is 13.1. The number of hydrogen-bond donors (Lipinski definition) is 2. The standard InChI is InChI=1S/C27H48O5/c1-5-9-13-14-18-22-23(28)24(29)26(31-20-16-11-7-3)27(32-21-17-12-8-4)25(22)30-19-15-10-6-2/h28-29H,5-21H2,1-4H3. The summed E-state index contributed by atoms with van der Waals surface area (Å²) in [6, 6.07) is 0. The fourth-order valence-corrected chi connectivity index (χ4v) is 3.66. The van der Waals surface area contributed by atoms with E-state index in [-0.39, 0.29) is 17.2 Å². The van der Waals surface area contributed by atoms with E-state index in [0.717, 1.165) is 83.5 Å². The predicted octanol–water partition coefficient (Wildman–Crippen LogP) is 7.93. The zero-order chi connectivity index (χ0) is 23.6. The number of ether oxygens (including phenoxy) is 3. The van der Waals surface area contributed by atoms with E-state index in [4.69, 9.17) is 14.2 Å². The van der Waals surface area contributed by atoms with Gasteiger partial charge in [-0.25, -0.2) is 0 Å². The van der Waals surface area contributed by atoms with Crippen molar-refractivity contribution >= 4 is 0 Å². The molecule has 1 aromatic carbocycles. The highest BCUT2D eigenvalue weighted by Gasteiger charge is 2.27. The quantitative estimate of drug-likeness (QED) is 0.155. The van der Waals surface area contributed by atoms with Crippen LogP contribution in [0.15, 0.2) is 0 Å². The molecule has 5 nitrogen and oxygen atoms in total. The van der Waals surface area contributed by atoms with E-state index in [0.29, 0.717) is 43.3 Å². The van der Waals surface area contributed by atoms with Crippen molar-refractivity contribution in [1.29, 1.82) is 0 Å². The van der Waals surface area contributed by atoms with E-state index in [1.807, 2.05) is 0 Å². The normalized spacial score (nSPS) is 11.0. The summed E-state index contributed by atoms with van der Waals surface area (Å²) in [5.74, 6) is 0.875.